The van der Waals surface area contributed by atoms with Crippen molar-refractivity contribution < 1.29 is 14.4 Å². The molecule has 8 heteroatoms. The Kier molecular flexibility index (Phi) is 28.4. The zero-order valence-electron chi connectivity index (χ0n) is 2.33. The van der Waals surface area contributed by atoms with Crippen molar-refractivity contribution in [2.45, 2.75) is 0 Å². The predicted molar refractivity (Wildman–Crippen MR) is 37.7 cm³/mol. The fourth-order valence-electron chi connectivity index (χ4n) is 0. The van der Waals surface area contributed by atoms with Crippen LogP contribution in [0.3, 0.4) is 0 Å². The maximum atomic E-state index is 9.10. The zero-order chi connectivity index (χ0) is 4.50. The molecule has 0 unspecified atom stereocenters. The summed E-state index contributed by atoms with van der Waals surface area (Å²) < 4.78 is 9.10. The third-order valence-corrected chi connectivity index (χ3v) is 0. The Hall–Kier alpha value is 3.11. The molecule has 4 nitrogen and oxygen atoms in total. The van der Waals surface area contributed by atoms with Crippen LogP contribution in [0, 0.1) is 0 Å². The normalized spacial score (nSPS) is 7.38. The maximum absolute atomic E-state index is 9.10. The van der Waals surface area contributed by atoms with Gasteiger partial charge in [0.15, 0.2) is 0 Å². The van der Waals surface area contributed by atoms with E-state index in [0.717, 1.165) is 0 Å². The zero-order valence-corrected chi connectivity index (χ0v) is 3.22. The summed E-state index contributed by atoms with van der Waals surface area (Å²) in [5.41, 5.74) is 4.02. The van der Waals surface area contributed by atoms with E-state index in [9.17, 15) is 0 Å². The van der Waals surface area contributed by atoms with Crippen LogP contribution in [-0.4, -0.2) is 98.5 Å². The molecule has 0 aliphatic rings. The molecule has 0 aromatic carbocycles. The van der Waals surface area contributed by atoms with Crippen LogP contribution in [0.1, 0.15) is 0 Å². The topological polar surface area (TPSA) is 83.6 Å². The summed E-state index contributed by atoms with van der Waals surface area (Å²) in [6.07, 6.45) is 0. The van der Waals surface area contributed by atoms with Crippen molar-refractivity contribution in [3.05, 3.63) is 0 Å². The molecule has 38 valence electrons. The predicted octanol–water partition coefficient (Wildman–Crippen LogP) is -2.91. The molecular weight excluding hydrogens is 162 g/mol. The summed E-state index contributed by atoms with van der Waals surface area (Å²) in [6, 6.07) is 0. The van der Waals surface area contributed by atoms with Crippen molar-refractivity contribution in [2.24, 2.45) is 5.50 Å². The average Bonchev–Trinajstić information content (AvgIpc) is 0.722. The van der Waals surface area contributed by atoms with Gasteiger partial charge in [0.1, 0.15) is 0 Å². The number of hydrogen-bond donors (Lipinski definition) is 3. The summed E-state index contributed by atoms with van der Waals surface area (Å²) in [5, 5.41) is 0. The molecule has 0 aromatic heterocycles. The van der Waals surface area contributed by atoms with E-state index in [4.69, 9.17) is 14.4 Å². The molecule has 8 heavy (non-hydrogen) atoms. The molecule has 4 N–H and O–H groups in total. The Morgan fingerprint density at radius 1 is 1.12 bits per heavy atom. The minimum absolute atomic E-state index is 0. The first kappa shape index (κ1) is 22.5. The van der Waals surface area contributed by atoms with E-state index in [-0.39, 0.29) is 88.7 Å². The van der Waals surface area contributed by atoms with Crippen molar-refractivity contribution in [3.63, 3.8) is 0 Å². The van der Waals surface area contributed by atoms with Crippen molar-refractivity contribution in [2.75, 3.05) is 0 Å². The second kappa shape index (κ2) is 10.1. The average molecular weight is 169 g/mol. The van der Waals surface area contributed by atoms with Gasteiger partial charge < -0.3 is 9.79 Å². The van der Waals surface area contributed by atoms with Crippen LogP contribution >= 0.6 is 7.75 Å². The van der Waals surface area contributed by atoms with E-state index in [2.05, 4.69) is 5.50 Å². The summed E-state index contributed by atoms with van der Waals surface area (Å²) >= 11 is 0. The quantitative estimate of drug-likeness (QED) is 0.268. The Morgan fingerprint density at radius 2 is 1.12 bits per heavy atom. The fraction of sp³-hybridized carbons (Fsp3) is 0. The molecule has 0 bridgehead atoms. The van der Waals surface area contributed by atoms with E-state index in [1.54, 1.807) is 0 Å². The van der Waals surface area contributed by atoms with Gasteiger partial charge in [0, 0.05) is 0 Å². The SMILES string of the molecule is NP(=O)(O)O.[NaH].[NaH].[NaH]. The summed E-state index contributed by atoms with van der Waals surface area (Å²) in [5.74, 6) is 0. The minimum atomic E-state index is -4.14. The van der Waals surface area contributed by atoms with Crippen LogP contribution in [0.25, 0.3) is 0 Å². The number of hydrogen-bond acceptors (Lipinski definition) is 1. The first-order valence-electron chi connectivity index (χ1n) is 0.841. The van der Waals surface area contributed by atoms with Crippen LogP contribution in [0.4, 0.5) is 0 Å². The third-order valence-electron chi connectivity index (χ3n) is 0. The van der Waals surface area contributed by atoms with Gasteiger partial charge in [-0.2, -0.15) is 0 Å². The summed E-state index contributed by atoms with van der Waals surface area (Å²) in [4.78, 5) is 14.8. The molecule has 0 heterocycles. The van der Waals surface area contributed by atoms with Crippen LogP contribution in [0.2, 0.25) is 0 Å². The van der Waals surface area contributed by atoms with Gasteiger partial charge in [-0.15, -0.1) is 0 Å². The van der Waals surface area contributed by atoms with Gasteiger partial charge in [-0.1, -0.05) is 0 Å². The number of nitrogens with two attached hydrogens (primary N) is 1. The fourth-order valence-corrected chi connectivity index (χ4v) is 0. The molecule has 0 saturated carbocycles. The van der Waals surface area contributed by atoms with Crippen molar-refractivity contribution in [1.29, 1.82) is 0 Å². The second-order valence-electron chi connectivity index (χ2n) is 0.589. The van der Waals surface area contributed by atoms with E-state index in [1.165, 1.54) is 0 Å². The van der Waals surface area contributed by atoms with Gasteiger partial charge in [0.05, 0.1) is 0 Å². The van der Waals surface area contributed by atoms with Gasteiger partial charge in [-0.3, -0.25) is 0 Å². The van der Waals surface area contributed by atoms with Gasteiger partial charge in [0.2, 0.25) is 0 Å². The van der Waals surface area contributed by atoms with E-state index < -0.39 is 7.75 Å². The van der Waals surface area contributed by atoms with Crippen LogP contribution < -0.4 is 5.50 Å². The van der Waals surface area contributed by atoms with E-state index in [0.29, 0.717) is 0 Å². The molecular formula is H7NNa3O3P. The van der Waals surface area contributed by atoms with Crippen molar-refractivity contribution >= 4 is 96.4 Å². The molecule has 0 radical (unpaired) electrons. The molecule has 0 amide bonds. The van der Waals surface area contributed by atoms with E-state index >= 15 is 0 Å². The van der Waals surface area contributed by atoms with Crippen molar-refractivity contribution in [1.82, 2.24) is 0 Å². The first-order valence-corrected chi connectivity index (χ1v) is 2.52. The van der Waals surface area contributed by atoms with E-state index in [1.807, 2.05) is 0 Å². The molecule has 0 fully saturated rings. The molecule has 0 spiro atoms. The number of rotatable bonds is 0. The molecule has 0 aromatic rings. The molecule has 0 rings (SSSR count). The van der Waals surface area contributed by atoms with Gasteiger partial charge in [0.25, 0.3) is 0 Å². The van der Waals surface area contributed by atoms with Gasteiger partial charge in [-0.25, -0.2) is 10.1 Å². The van der Waals surface area contributed by atoms with Gasteiger partial charge in [-0.05, 0) is 0 Å². The standard InChI is InChI=1S/H4NO3P.3Na.3H/c1-5(2,3)4;;;;;;/h(H4,1,2,3,4);;;;;;. The van der Waals surface area contributed by atoms with Crippen LogP contribution in [0.5, 0.6) is 0 Å². The summed E-state index contributed by atoms with van der Waals surface area (Å²) in [7, 11) is -4.14. The second-order valence-corrected chi connectivity index (χ2v) is 1.77. The first-order chi connectivity index (χ1) is 2.00. The molecule has 0 aliphatic heterocycles. The van der Waals surface area contributed by atoms with Crippen molar-refractivity contribution in [3.8, 4) is 0 Å². The Bertz CT molecular complexity index is 60.7. The van der Waals surface area contributed by atoms with Crippen LogP contribution in [0.15, 0.2) is 0 Å². The monoisotopic (exact) mass is 169 g/mol. The molecule has 0 aliphatic carbocycles. The van der Waals surface area contributed by atoms with Crippen LogP contribution in [-0.2, 0) is 4.57 Å². The van der Waals surface area contributed by atoms with Gasteiger partial charge >= 0.3 is 96.4 Å². The third kappa shape index (κ3) is 61.9. The Morgan fingerprint density at radius 3 is 1.12 bits per heavy atom. The molecule has 0 saturated heterocycles. The Labute approximate surface area is 114 Å². The Balaban J connectivity index is -0.0000000267. The summed E-state index contributed by atoms with van der Waals surface area (Å²) in [6.45, 7) is 0. The molecule has 0 atom stereocenters.